The molecule has 0 saturated heterocycles. The summed E-state index contributed by atoms with van der Waals surface area (Å²) in [7, 11) is 5.58. The first-order chi connectivity index (χ1) is 16.2. The van der Waals surface area contributed by atoms with E-state index in [-0.39, 0.29) is 18.7 Å². The summed E-state index contributed by atoms with van der Waals surface area (Å²) in [6.45, 7) is 1.41. The number of aliphatic hydroxyl groups excluding tert-OH is 1. The first-order valence-electron chi connectivity index (χ1n) is 10.4. The van der Waals surface area contributed by atoms with Crippen molar-refractivity contribution in [3.05, 3.63) is 54.9 Å². The van der Waals surface area contributed by atoms with Gasteiger partial charge in [-0.3, -0.25) is 4.79 Å². The Balaban J connectivity index is 1.96. The number of rotatable bonds is 12. The van der Waals surface area contributed by atoms with Crippen LogP contribution in [0.4, 0.5) is 0 Å². The third-order valence-electron chi connectivity index (χ3n) is 4.83. The van der Waals surface area contributed by atoms with Crippen molar-refractivity contribution < 1.29 is 24.6 Å². The summed E-state index contributed by atoms with van der Waals surface area (Å²) in [5.74, 6) is 0.729. The number of halogens is 3. The van der Waals surface area contributed by atoms with Crippen LogP contribution in [0.25, 0.3) is 0 Å². The smallest absolute Gasteiger partial charge is 0.269 e. The topological polar surface area (TPSA) is 104 Å². The summed E-state index contributed by atoms with van der Waals surface area (Å²) in [5, 5.41) is 25.7. The van der Waals surface area contributed by atoms with Gasteiger partial charge in [-0.2, -0.15) is 0 Å². The molecule has 0 radical (unpaired) electrons. The van der Waals surface area contributed by atoms with E-state index in [1.807, 2.05) is 14.1 Å². The van der Waals surface area contributed by atoms with E-state index in [2.05, 4.69) is 63.2 Å². The van der Waals surface area contributed by atoms with Crippen molar-refractivity contribution in [2.24, 2.45) is 5.16 Å². The van der Waals surface area contributed by atoms with Crippen molar-refractivity contribution in [1.29, 1.82) is 0 Å². The van der Waals surface area contributed by atoms with Gasteiger partial charge in [0, 0.05) is 19.5 Å². The Morgan fingerprint density at radius 2 is 1.82 bits per heavy atom. The molecule has 186 valence electrons. The number of hydrogen-bond donors (Lipinski definition) is 3. The maximum absolute atomic E-state index is 12.5. The van der Waals surface area contributed by atoms with Crippen LogP contribution in [0.3, 0.4) is 0 Å². The number of nitrogens with one attached hydrogen (secondary N) is 1. The molecule has 0 aliphatic heterocycles. The van der Waals surface area contributed by atoms with Crippen LogP contribution in [0.2, 0.25) is 0 Å². The number of amides is 1. The average Bonchev–Trinajstić information content (AvgIpc) is 2.79. The predicted molar refractivity (Wildman–Crippen MR) is 142 cm³/mol. The third kappa shape index (κ3) is 8.53. The molecule has 3 N–H and O–H groups in total. The standard InChI is InChI=1S/C23H28Br3N3O5/c1-29(2)7-4-8-34-22-17(25)11-15(12-18(22)26)20(30)13-27-23(31)19(28-32)10-14-5-6-21(33-3)16(24)9-14/h5-6,9,11-12,20,30,32H,4,7-8,10,13H2,1-3H3,(H,27,31)/b28-19+/t20-/m1/s1. The van der Waals surface area contributed by atoms with Gasteiger partial charge in [-0.05, 0) is 104 Å². The van der Waals surface area contributed by atoms with E-state index < -0.39 is 12.0 Å². The number of hydrogen-bond acceptors (Lipinski definition) is 7. The number of methoxy groups -OCH3 is 1. The van der Waals surface area contributed by atoms with Gasteiger partial charge >= 0.3 is 0 Å². The molecule has 34 heavy (non-hydrogen) atoms. The largest absolute Gasteiger partial charge is 0.496 e. The Kier molecular flexibility index (Phi) is 11.8. The lowest BCUT2D eigenvalue weighted by molar-refractivity contribution is -0.115. The summed E-state index contributed by atoms with van der Waals surface area (Å²) < 4.78 is 13.1. The molecule has 0 heterocycles. The van der Waals surface area contributed by atoms with Gasteiger partial charge < -0.3 is 30.0 Å². The molecule has 11 heteroatoms. The first kappa shape index (κ1) is 28.6. The number of carbonyl (C=O) groups excluding carboxylic acids is 1. The van der Waals surface area contributed by atoms with Gasteiger partial charge in [0.15, 0.2) is 0 Å². The second kappa shape index (κ2) is 14.0. The van der Waals surface area contributed by atoms with E-state index in [0.29, 0.717) is 32.6 Å². The normalized spacial score (nSPS) is 12.5. The Labute approximate surface area is 224 Å². The fourth-order valence-corrected chi connectivity index (χ4v) is 5.09. The average molecular weight is 666 g/mol. The highest BCUT2D eigenvalue weighted by Crippen LogP contribution is 2.36. The van der Waals surface area contributed by atoms with Crippen LogP contribution in [0, 0.1) is 0 Å². The van der Waals surface area contributed by atoms with Crippen LogP contribution in [-0.2, 0) is 11.2 Å². The van der Waals surface area contributed by atoms with E-state index >= 15 is 0 Å². The van der Waals surface area contributed by atoms with Gasteiger partial charge in [0.1, 0.15) is 17.2 Å². The molecule has 0 aliphatic carbocycles. The van der Waals surface area contributed by atoms with Gasteiger partial charge in [0.2, 0.25) is 0 Å². The number of carbonyl (C=O) groups is 1. The number of ether oxygens (including phenoxy) is 2. The lowest BCUT2D eigenvalue weighted by atomic mass is 10.1. The summed E-state index contributed by atoms with van der Waals surface area (Å²) >= 11 is 10.4. The summed E-state index contributed by atoms with van der Waals surface area (Å²) in [4.78, 5) is 14.6. The molecule has 0 saturated carbocycles. The highest BCUT2D eigenvalue weighted by Gasteiger charge is 2.18. The highest BCUT2D eigenvalue weighted by molar-refractivity contribution is 9.11. The van der Waals surface area contributed by atoms with Gasteiger partial charge in [0.25, 0.3) is 5.91 Å². The Morgan fingerprint density at radius 3 is 2.38 bits per heavy atom. The minimum atomic E-state index is -0.977. The lowest BCUT2D eigenvalue weighted by Crippen LogP contribution is -2.35. The molecular weight excluding hydrogens is 638 g/mol. The van der Waals surface area contributed by atoms with E-state index in [0.717, 1.165) is 23.0 Å². The second-order valence-electron chi connectivity index (χ2n) is 7.74. The van der Waals surface area contributed by atoms with Gasteiger partial charge in [-0.25, -0.2) is 0 Å². The van der Waals surface area contributed by atoms with Crippen molar-refractivity contribution in [1.82, 2.24) is 10.2 Å². The van der Waals surface area contributed by atoms with Crippen LogP contribution in [0.1, 0.15) is 23.7 Å². The van der Waals surface area contributed by atoms with E-state index in [1.54, 1.807) is 37.4 Å². The second-order valence-corrected chi connectivity index (χ2v) is 10.3. The van der Waals surface area contributed by atoms with E-state index in [1.165, 1.54) is 0 Å². The zero-order valence-corrected chi connectivity index (χ0v) is 23.9. The van der Waals surface area contributed by atoms with Crippen molar-refractivity contribution in [3.8, 4) is 11.5 Å². The lowest BCUT2D eigenvalue weighted by Gasteiger charge is -2.17. The summed E-state index contributed by atoms with van der Waals surface area (Å²) in [6, 6.07) is 8.81. The zero-order valence-electron chi connectivity index (χ0n) is 19.1. The Hall–Kier alpha value is -1.66. The molecule has 1 amide bonds. The summed E-state index contributed by atoms with van der Waals surface area (Å²) in [5.41, 5.74) is 1.26. The number of oxime groups is 1. The SMILES string of the molecule is COc1ccc(C/C(=N\O)C(=O)NC[C@@H](O)c2cc(Br)c(OCCCN(C)C)c(Br)c2)cc1Br. The molecule has 1 atom stereocenters. The fraction of sp³-hybridized carbons (Fsp3) is 0.391. The molecule has 0 bridgehead atoms. The Morgan fingerprint density at radius 1 is 1.15 bits per heavy atom. The Bertz CT molecular complexity index is 994. The molecule has 8 nitrogen and oxygen atoms in total. The molecule has 2 aromatic rings. The molecule has 0 aliphatic rings. The van der Waals surface area contributed by atoms with Gasteiger partial charge in [0.05, 0.1) is 33.2 Å². The fourth-order valence-electron chi connectivity index (χ4n) is 3.05. The van der Waals surface area contributed by atoms with Crippen molar-refractivity contribution >= 4 is 59.4 Å². The molecule has 0 spiro atoms. The molecule has 0 unspecified atom stereocenters. The third-order valence-corrected chi connectivity index (χ3v) is 6.63. The molecule has 2 rings (SSSR count). The molecule has 0 fully saturated rings. The number of aliphatic hydroxyl groups is 1. The van der Waals surface area contributed by atoms with Crippen LogP contribution in [0.5, 0.6) is 11.5 Å². The minimum Gasteiger partial charge on any atom is -0.496 e. The number of benzene rings is 2. The van der Waals surface area contributed by atoms with Crippen molar-refractivity contribution in [2.75, 3.05) is 40.9 Å². The van der Waals surface area contributed by atoms with Crippen LogP contribution in [-0.4, -0.2) is 67.7 Å². The highest BCUT2D eigenvalue weighted by atomic mass is 79.9. The molecule has 0 aromatic heterocycles. The van der Waals surface area contributed by atoms with Crippen LogP contribution >= 0.6 is 47.8 Å². The summed E-state index contributed by atoms with van der Waals surface area (Å²) in [6.07, 6.45) is 0.0112. The molecule has 2 aromatic carbocycles. The van der Waals surface area contributed by atoms with Gasteiger partial charge in [-0.15, -0.1) is 0 Å². The quantitative estimate of drug-likeness (QED) is 0.133. The zero-order chi connectivity index (χ0) is 25.3. The van der Waals surface area contributed by atoms with Crippen LogP contribution < -0.4 is 14.8 Å². The molecular formula is C23H28Br3N3O5. The van der Waals surface area contributed by atoms with Crippen molar-refractivity contribution in [3.63, 3.8) is 0 Å². The minimum absolute atomic E-state index is 0.0634. The van der Waals surface area contributed by atoms with Crippen molar-refractivity contribution in [2.45, 2.75) is 18.9 Å². The van der Waals surface area contributed by atoms with Gasteiger partial charge in [-0.1, -0.05) is 11.2 Å². The predicted octanol–water partition coefficient (Wildman–Crippen LogP) is 4.54. The maximum atomic E-state index is 12.5. The number of nitrogens with zero attached hydrogens (tertiary/aromatic N) is 2. The van der Waals surface area contributed by atoms with E-state index in [4.69, 9.17) is 9.47 Å². The van der Waals surface area contributed by atoms with Crippen LogP contribution in [0.15, 0.2) is 48.9 Å². The maximum Gasteiger partial charge on any atom is 0.269 e. The van der Waals surface area contributed by atoms with E-state index in [9.17, 15) is 15.1 Å². The monoisotopic (exact) mass is 663 g/mol. The first-order valence-corrected chi connectivity index (χ1v) is 12.8.